The second kappa shape index (κ2) is 9.79. The lowest BCUT2D eigenvalue weighted by atomic mass is 10.3. The van der Waals surface area contributed by atoms with Gasteiger partial charge in [-0.05, 0) is 6.42 Å². The maximum Gasteiger partial charge on any atom is 0.317 e. The van der Waals surface area contributed by atoms with Crippen LogP contribution >= 0.6 is 0 Å². The number of carboxylic acids is 1. The molecule has 0 radical (unpaired) electrons. The molecular formula is C8H16MgO4. The maximum absolute atomic E-state index is 10.6. The highest BCUT2D eigenvalue weighted by molar-refractivity contribution is 5.90. The van der Waals surface area contributed by atoms with Gasteiger partial charge in [-0.1, -0.05) is 19.8 Å². The van der Waals surface area contributed by atoms with E-state index in [9.17, 15) is 9.59 Å². The summed E-state index contributed by atoms with van der Waals surface area (Å²) in [7, 11) is 0. The lowest BCUT2D eigenvalue weighted by molar-refractivity contribution is -0.151. The first-order chi connectivity index (χ1) is 5.66. The van der Waals surface area contributed by atoms with Gasteiger partial charge in [-0.3, -0.25) is 9.59 Å². The van der Waals surface area contributed by atoms with Crippen molar-refractivity contribution in [1.82, 2.24) is 0 Å². The average molecular weight is 201 g/mol. The summed E-state index contributed by atoms with van der Waals surface area (Å²) in [6, 6.07) is 0. The maximum atomic E-state index is 10.6. The van der Waals surface area contributed by atoms with Gasteiger partial charge in [-0.2, -0.15) is 0 Å². The van der Waals surface area contributed by atoms with E-state index in [1.165, 1.54) is 0 Å². The van der Waals surface area contributed by atoms with Gasteiger partial charge in [0.25, 0.3) is 0 Å². The molecule has 5 heteroatoms. The van der Waals surface area contributed by atoms with Crippen molar-refractivity contribution in [1.29, 1.82) is 0 Å². The Morgan fingerprint density at radius 2 is 1.92 bits per heavy atom. The fourth-order valence-corrected chi connectivity index (χ4v) is 0.713. The van der Waals surface area contributed by atoms with Crippen molar-refractivity contribution in [3.8, 4) is 0 Å². The van der Waals surface area contributed by atoms with Crippen LogP contribution in [0.3, 0.4) is 0 Å². The quantitative estimate of drug-likeness (QED) is 0.290. The molecule has 0 unspecified atom stereocenters. The Balaban J connectivity index is 0. The molecule has 1 N–H and O–H groups in total. The third-order valence-corrected chi connectivity index (χ3v) is 1.31. The van der Waals surface area contributed by atoms with Gasteiger partial charge in [-0.25, -0.2) is 0 Å². The van der Waals surface area contributed by atoms with Gasteiger partial charge in [0, 0.05) is 0 Å². The number of carboxylic acid groups (broad SMARTS) is 1. The summed E-state index contributed by atoms with van der Waals surface area (Å²) >= 11 is 0. The van der Waals surface area contributed by atoms with Crippen molar-refractivity contribution in [3.63, 3.8) is 0 Å². The molecular weight excluding hydrogens is 184 g/mol. The van der Waals surface area contributed by atoms with E-state index in [1.54, 1.807) is 0 Å². The Morgan fingerprint density at radius 3 is 2.38 bits per heavy atom. The van der Waals surface area contributed by atoms with Crippen LogP contribution in [0, 0.1) is 0 Å². The summed E-state index contributed by atoms with van der Waals surface area (Å²) in [6.07, 6.45) is 2.32. The Morgan fingerprint density at radius 1 is 1.31 bits per heavy atom. The third-order valence-electron chi connectivity index (χ3n) is 1.31. The van der Waals surface area contributed by atoms with Crippen molar-refractivity contribution < 1.29 is 19.4 Å². The molecule has 0 saturated heterocycles. The van der Waals surface area contributed by atoms with Crippen LogP contribution in [0.5, 0.6) is 0 Å². The Labute approximate surface area is 93.8 Å². The van der Waals surface area contributed by atoms with Crippen molar-refractivity contribution in [2.24, 2.45) is 0 Å². The van der Waals surface area contributed by atoms with E-state index >= 15 is 0 Å². The zero-order chi connectivity index (χ0) is 9.40. The Hall–Kier alpha value is -0.294. The minimum Gasteiger partial charge on any atom is -0.481 e. The van der Waals surface area contributed by atoms with Gasteiger partial charge in [0.05, 0.1) is 6.61 Å². The normalized spacial score (nSPS) is 8.69. The molecule has 13 heavy (non-hydrogen) atoms. The Kier molecular flexibility index (Phi) is 11.4. The molecule has 0 aromatic rings. The minimum absolute atomic E-state index is 0. The van der Waals surface area contributed by atoms with Crippen molar-refractivity contribution in [2.75, 3.05) is 6.61 Å². The van der Waals surface area contributed by atoms with Crippen LogP contribution in [0.25, 0.3) is 0 Å². The van der Waals surface area contributed by atoms with Crippen LogP contribution < -0.4 is 0 Å². The summed E-state index contributed by atoms with van der Waals surface area (Å²) in [5.41, 5.74) is 0. The molecule has 0 spiro atoms. The monoisotopic (exact) mass is 200 g/mol. The fourth-order valence-electron chi connectivity index (χ4n) is 0.713. The number of hydrogen-bond donors (Lipinski definition) is 1. The number of rotatable bonds is 6. The lowest BCUT2D eigenvalue weighted by Gasteiger charge is -2.01. The second-order valence-electron chi connectivity index (χ2n) is 2.50. The molecule has 0 fully saturated rings. The number of carbonyl (C=O) groups excluding carboxylic acids is 1. The van der Waals surface area contributed by atoms with Crippen molar-refractivity contribution >= 4 is 35.0 Å². The summed E-state index contributed by atoms with van der Waals surface area (Å²) in [6.45, 7) is 2.37. The van der Waals surface area contributed by atoms with Gasteiger partial charge in [-0.15, -0.1) is 0 Å². The molecule has 0 aliphatic heterocycles. The first kappa shape index (κ1) is 15.2. The third kappa shape index (κ3) is 11.7. The zero-order valence-electron chi connectivity index (χ0n) is 7.21. The number of carbonyl (C=O) groups is 2. The first-order valence-electron chi connectivity index (χ1n) is 4.04. The molecule has 4 nitrogen and oxygen atoms in total. The highest BCUT2D eigenvalue weighted by Crippen LogP contribution is 1.95. The molecule has 0 aromatic heterocycles. The predicted octanol–water partition coefficient (Wildman–Crippen LogP) is 0.278. The molecule has 74 valence electrons. The zero-order valence-corrected chi connectivity index (χ0v) is 7.21. The van der Waals surface area contributed by atoms with Crippen LogP contribution in [-0.2, 0) is 14.3 Å². The number of ether oxygens (including phenoxy) is 1. The number of aliphatic carboxylic acids is 1. The fraction of sp³-hybridized carbons (Fsp3) is 0.750. The largest absolute Gasteiger partial charge is 0.481 e. The molecule has 0 heterocycles. The standard InChI is InChI=1S/C8H14O4.Mg.2H/c1-2-3-4-5-12-8(11)6-7(9)10;;;/h2-6H2,1H3,(H,9,10);;;. The van der Waals surface area contributed by atoms with Crippen molar-refractivity contribution in [2.45, 2.75) is 32.6 Å². The molecule has 0 rings (SSSR count). The SMILES string of the molecule is CCCCCOC(=O)CC(=O)O.[MgH2]. The highest BCUT2D eigenvalue weighted by Gasteiger charge is 2.07. The van der Waals surface area contributed by atoms with Crippen LogP contribution in [0.2, 0.25) is 0 Å². The topological polar surface area (TPSA) is 63.6 Å². The Bertz CT molecular complexity index is 158. The molecule has 0 amide bonds. The number of esters is 1. The molecule has 0 aliphatic carbocycles. The smallest absolute Gasteiger partial charge is 0.317 e. The van der Waals surface area contributed by atoms with Crippen molar-refractivity contribution in [3.05, 3.63) is 0 Å². The van der Waals surface area contributed by atoms with E-state index in [-0.39, 0.29) is 23.1 Å². The summed E-state index contributed by atoms with van der Waals surface area (Å²) in [4.78, 5) is 20.6. The van der Waals surface area contributed by atoms with Gasteiger partial charge in [0.2, 0.25) is 0 Å². The van der Waals surface area contributed by atoms with Crippen LogP contribution in [0.15, 0.2) is 0 Å². The lowest BCUT2D eigenvalue weighted by Crippen LogP contribution is -2.11. The highest BCUT2D eigenvalue weighted by atomic mass is 24.3. The molecule has 0 atom stereocenters. The van der Waals surface area contributed by atoms with E-state index in [0.717, 1.165) is 19.3 Å². The van der Waals surface area contributed by atoms with Gasteiger partial charge < -0.3 is 9.84 Å². The molecule has 0 saturated carbocycles. The second-order valence-corrected chi connectivity index (χ2v) is 2.50. The number of hydrogen-bond acceptors (Lipinski definition) is 3. The van der Waals surface area contributed by atoms with E-state index in [2.05, 4.69) is 4.74 Å². The van der Waals surface area contributed by atoms with E-state index in [4.69, 9.17) is 5.11 Å². The molecule has 0 aromatic carbocycles. The number of unbranched alkanes of at least 4 members (excludes halogenated alkanes) is 2. The van der Waals surface area contributed by atoms with E-state index in [0.29, 0.717) is 6.61 Å². The summed E-state index contributed by atoms with van der Waals surface area (Å²) < 4.78 is 4.64. The van der Waals surface area contributed by atoms with Gasteiger partial charge in [0.15, 0.2) is 0 Å². The summed E-state index contributed by atoms with van der Waals surface area (Å²) in [5, 5.41) is 8.19. The average Bonchev–Trinajstić information content (AvgIpc) is 1.97. The minimum atomic E-state index is -1.14. The van der Waals surface area contributed by atoms with Crippen LogP contribution in [0.1, 0.15) is 32.6 Å². The predicted molar refractivity (Wildman–Crippen MR) is 51.3 cm³/mol. The molecule has 0 aliphatic rings. The van der Waals surface area contributed by atoms with Gasteiger partial charge in [0.1, 0.15) is 6.42 Å². The van der Waals surface area contributed by atoms with Crippen LogP contribution in [-0.4, -0.2) is 46.7 Å². The van der Waals surface area contributed by atoms with Gasteiger partial charge >= 0.3 is 35.0 Å². The molecule has 0 bridgehead atoms. The summed E-state index contributed by atoms with van der Waals surface area (Å²) in [5.74, 6) is -1.80. The first-order valence-corrected chi connectivity index (χ1v) is 4.04. The van der Waals surface area contributed by atoms with E-state index < -0.39 is 18.4 Å². The van der Waals surface area contributed by atoms with E-state index in [1.807, 2.05) is 6.92 Å². The van der Waals surface area contributed by atoms with Crippen LogP contribution in [0.4, 0.5) is 0 Å².